The Morgan fingerprint density at radius 3 is 2.42 bits per heavy atom. The zero-order chi connectivity index (χ0) is 9.35. The van der Waals surface area contributed by atoms with Gasteiger partial charge in [-0.3, -0.25) is 4.79 Å². The highest BCUT2D eigenvalue weighted by atomic mass is 19.4. The maximum absolute atomic E-state index is 11.9. The lowest BCUT2D eigenvalue weighted by atomic mass is 10.3. The highest BCUT2D eigenvalue weighted by Gasteiger charge is 2.39. The smallest absolute Gasteiger partial charge is 0.436 e. The molecular weight excluding hydrogens is 175 g/mol. The standard InChI is InChI=1S/C6H3F3NO2/c1-3-10-4(2-11)5(12-3)6(7,8)9/h1H3. The number of alkyl halides is 3. The van der Waals surface area contributed by atoms with E-state index in [1.807, 2.05) is 0 Å². The van der Waals surface area contributed by atoms with E-state index in [2.05, 4.69) is 9.40 Å². The van der Waals surface area contributed by atoms with E-state index in [-0.39, 0.29) is 5.89 Å². The lowest BCUT2D eigenvalue weighted by Gasteiger charge is -1.99. The SMILES string of the molecule is Cc1nc([C]=O)c(C(F)(F)F)o1. The molecule has 0 atom stereocenters. The Balaban J connectivity index is 3.22. The van der Waals surface area contributed by atoms with Crippen molar-refractivity contribution in [3.8, 4) is 0 Å². The minimum atomic E-state index is -4.69. The predicted molar refractivity (Wildman–Crippen MR) is 31.0 cm³/mol. The Bertz CT molecular complexity index is 302. The number of hydrogen-bond donors (Lipinski definition) is 0. The maximum Gasteiger partial charge on any atom is 0.452 e. The summed E-state index contributed by atoms with van der Waals surface area (Å²) in [6, 6.07) is 0. The molecule has 0 aliphatic rings. The molecule has 1 aromatic heterocycles. The largest absolute Gasteiger partial charge is 0.452 e. The number of halogens is 3. The lowest BCUT2D eigenvalue weighted by molar-refractivity contribution is -0.153. The summed E-state index contributed by atoms with van der Waals surface area (Å²) in [6.45, 7) is 1.22. The molecule has 1 aromatic rings. The Morgan fingerprint density at radius 2 is 2.08 bits per heavy atom. The number of aryl methyl sites for hydroxylation is 1. The highest BCUT2D eigenvalue weighted by molar-refractivity contribution is 5.73. The van der Waals surface area contributed by atoms with E-state index in [0.717, 1.165) is 6.29 Å². The summed E-state index contributed by atoms with van der Waals surface area (Å²) in [7, 11) is 0. The van der Waals surface area contributed by atoms with Gasteiger partial charge >= 0.3 is 6.18 Å². The first kappa shape index (κ1) is 8.76. The van der Waals surface area contributed by atoms with Crippen molar-refractivity contribution >= 4 is 6.29 Å². The summed E-state index contributed by atoms with van der Waals surface area (Å²) in [5, 5.41) is 0. The van der Waals surface area contributed by atoms with E-state index in [1.165, 1.54) is 6.92 Å². The third-order valence-electron chi connectivity index (χ3n) is 1.09. The second-order valence-electron chi connectivity index (χ2n) is 2.01. The molecule has 0 saturated carbocycles. The molecule has 0 unspecified atom stereocenters. The minimum absolute atomic E-state index is 0.208. The van der Waals surface area contributed by atoms with Crippen LogP contribution in [0, 0.1) is 6.92 Å². The molecule has 3 nitrogen and oxygen atoms in total. The Kier molecular flexibility index (Phi) is 1.91. The molecule has 1 rings (SSSR count). The average molecular weight is 178 g/mol. The van der Waals surface area contributed by atoms with Crippen molar-refractivity contribution in [2.75, 3.05) is 0 Å². The monoisotopic (exact) mass is 178 g/mol. The van der Waals surface area contributed by atoms with E-state index >= 15 is 0 Å². The van der Waals surface area contributed by atoms with Gasteiger partial charge in [-0.05, 0) is 0 Å². The molecule has 12 heavy (non-hydrogen) atoms. The summed E-state index contributed by atoms with van der Waals surface area (Å²) >= 11 is 0. The molecule has 0 N–H and O–H groups in total. The lowest BCUT2D eigenvalue weighted by Crippen LogP contribution is -2.06. The summed E-state index contributed by atoms with van der Waals surface area (Å²) < 4.78 is 40.0. The number of aromatic nitrogens is 1. The number of rotatable bonds is 1. The van der Waals surface area contributed by atoms with Crippen LogP contribution in [0.5, 0.6) is 0 Å². The third kappa shape index (κ3) is 1.46. The second-order valence-corrected chi connectivity index (χ2v) is 2.01. The van der Waals surface area contributed by atoms with E-state index in [1.54, 1.807) is 0 Å². The molecule has 0 aromatic carbocycles. The van der Waals surface area contributed by atoms with Gasteiger partial charge in [0.1, 0.15) is 0 Å². The van der Waals surface area contributed by atoms with Crippen molar-refractivity contribution in [3.05, 3.63) is 17.3 Å². The van der Waals surface area contributed by atoms with Crippen LogP contribution in [-0.2, 0) is 11.0 Å². The molecule has 0 bridgehead atoms. The fraction of sp³-hybridized carbons (Fsp3) is 0.333. The average Bonchev–Trinajstić information content (AvgIpc) is 2.29. The first-order chi connectivity index (χ1) is 5.45. The van der Waals surface area contributed by atoms with Crippen molar-refractivity contribution in [1.82, 2.24) is 4.98 Å². The summed E-state index contributed by atoms with van der Waals surface area (Å²) in [5.41, 5.74) is -0.833. The molecule has 6 heteroatoms. The molecule has 0 spiro atoms. The van der Waals surface area contributed by atoms with Crippen LogP contribution in [0.15, 0.2) is 4.42 Å². The third-order valence-corrected chi connectivity index (χ3v) is 1.09. The van der Waals surface area contributed by atoms with Gasteiger partial charge in [-0.25, -0.2) is 4.98 Å². The van der Waals surface area contributed by atoms with Crippen LogP contribution < -0.4 is 0 Å². The van der Waals surface area contributed by atoms with E-state index < -0.39 is 17.6 Å². The number of carbonyl (C=O) groups excluding carboxylic acids is 1. The van der Waals surface area contributed by atoms with Crippen LogP contribution in [0.1, 0.15) is 17.3 Å². The molecule has 1 radical (unpaired) electrons. The first-order valence-corrected chi connectivity index (χ1v) is 2.88. The summed E-state index contributed by atoms with van der Waals surface area (Å²) in [4.78, 5) is 13.1. The van der Waals surface area contributed by atoms with Gasteiger partial charge in [-0.15, -0.1) is 0 Å². The van der Waals surface area contributed by atoms with Gasteiger partial charge in [0.25, 0.3) is 6.29 Å². The molecule has 0 aliphatic carbocycles. The molecule has 1 heterocycles. The topological polar surface area (TPSA) is 43.1 Å². The highest BCUT2D eigenvalue weighted by Crippen LogP contribution is 2.31. The number of nitrogens with zero attached hydrogens (tertiary/aromatic N) is 1. The van der Waals surface area contributed by atoms with Gasteiger partial charge in [0.2, 0.25) is 5.76 Å². The normalized spacial score (nSPS) is 11.7. The maximum atomic E-state index is 11.9. The van der Waals surface area contributed by atoms with Gasteiger partial charge in [-0.2, -0.15) is 13.2 Å². The van der Waals surface area contributed by atoms with E-state index in [0.29, 0.717) is 0 Å². The van der Waals surface area contributed by atoms with Crippen LogP contribution in [0.2, 0.25) is 0 Å². The molecule has 0 amide bonds. The fourth-order valence-corrected chi connectivity index (χ4v) is 0.688. The first-order valence-electron chi connectivity index (χ1n) is 2.88. The van der Waals surface area contributed by atoms with Crippen LogP contribution >= 0.6 is 0 Å². The van der Waals surface area contributed by atoms with Crippen molar-refractivity contribution in [3.63, 3.8) is 0 Å². The van der Waals surface area contributed by atoms with Crippen molar-refractivity contribution in [2.24, 2.45) is 0 Å². The number of hydrogen-bond acceptors (Lipinski definition) is 3. The summed E-state index contributed by atoms with van der Waals surface area (Å²) in [5.74, 6) is -1.60. The van der Waals surface area contributed by atoms with Crippen molar-refractivity contribution < 1.29 is 22.4 Å². The van der Waals surface area contributed by atoms with Gasteiger partial charge in [-0.1, -0.05) is 0 Å². The predicted octanol–water partition coefficient (Wildman–Crippen LogP) is 1.46. The van der Waals surface area contributed by atoms with Gasteiger partial charge in [0.05, 0.1) is 0 Å². The van der Waals surface area contributed by atoms with Crippen molar-refractivity contribution in [1.29, 1.82) is 0 Å². The van der Waals surface area contributed by atoms with Gasteiger partial charge < -0.3 is 4.42 Å². The van der Waals surface area contributed by atoms with E-state index in [4.69, 9.17) is 0 Å². The molecule has 65 valence electrons. The molecule has 0 fully saturated rings. The molecule has 0 aliphatic heterocycles. The van der Waals surface area contributed by atoms with E-state index in [9.17, 15) is 18.0 Å². The Morgan fingerprint density at radius 1 is 1.50 bits per heavy atom. The fourth-order valence-electron chi connectivity index (χ4n) is 0.688. The summed E-state index contributed by atoms with van der Waals surface area (Å²) in [6.07, 6.45) is -3.64. The van der Waals surface area contributed by atoms with Gasteiger partial charge in [0.15, 0.2) is 11.6 Å². The molecular formula is C6H3F3NO2. The second kappa shape index (κ2) is 2.62. The van der Waals surface area contributed by atoms with Crippen molar-refractivity contribution in [2.45, 2.75) is 13.1 Å². The zero-order valence-corrected chi connectivity index (χ0v) is 5.90. The van der Waals surface area contributed by atoms with Crippen LogP contribution in [0.25, 0.3) is 0 Å². The number of oxazole rings is 1. The Hall–Kier alpha value is -1.33. The van der Waals surface area contributed by atoms with Crippen LogP contribution in [-0.4, -0.2) is 11.3 Å². The minimum Gasteiger partial charge on any atom is -0.436 e. The quantitative estimate of drug-likeness (QED) is 0.653. The van der Waals surface area contributed by atoms with Gasteiger partial charge in [0, 0.05) is 6.92 Å². The van der Waals surface area contributed by atoms with Crippen LogP contribution in [0.3, 0.4) is 0 Å². The zero-order valence-electron chi connectivity index (χ0n) is 5.90. The Labute approximate surface area is 65.2 Å². The molecule has 0 saturated heterocycles. The van der Waals surface area contributed by atoms with Crippen LogP contribution in [0.4, 0.5) is 13.2 Å².